The minimum atomic E-state index is -3.01. The van der Waals surface area contributed by atoms with Crippen molar-refractivity contribution in [2.45, 2.75) is 6.43 Å². The van der Waals surface area contributed by atoms with E-state index < -0.39 is 28.6 Å². The van der Waals surface area contributed by atoms with Crippen molar-refractivity contribution in [3.63, 3.8) is 0 Å². The molecule has 21 heavy (non-hydrogen) atoms. The summed E-state index contributed by atoms with van der Waals surface area (Å²) in [5, 5.41) is 14.5. The molecule has 0 saturated carbocycles. The fraction of sp³-hybridized carbons (Fsp3) is 0.167. The largest absolute Gasteiger partial charge is 0.465 e. The number of aromatic nitrogens is 2. The molecule has 9 heteroatoms. The fourth-order valence-corrected chi connectivity index (χ4v) is 1.75. The number of alkyl halides is 2. The third-order valence-corrected chi connectivity index (χ3v) is 2.68. The summed E-state index contributed by atoms with van der Waals surface area (Å²) in [6.07, 6.45) is -2.03. The van der Waals surface area contributed by atoms with Crippen LogP contribution in [0.25, 0.3) is 5.69 Å². The second kappa shape index (κ2) is 5.65. The number of para-hydroxylation sites is 2. The van der Waals surface area contributed by atoms with Crippen molar-refractivity contribution in [1.82, 2.24) is 9.78 Å². The van der Waals surface area contributed by atoms with Gasteiger partial charge >= 0.3 is 5.97 Å². The molecule has 7 nitrogen and oxygen atoms in total. The maximum atomic E-state index is 12.9. The number of ether oxygens (including phenoxy) is 1. The normalized spacial score (nSPS) is 10.7. The van der Waals surface area contributed by atoms with Crippen molar-refractivity contribution in [3.8, 4) is 5.69 Å². The molecule has 0 aliphatic heterocycles. The van der Waals surface area contributed by atoms with Gasteiger partial charge in [0.15, 0.2) is 0 Å². The second-order valence-corrected chi connectivity index (χ2v) is 3.91. The van der Waals surface area contributed by atoms with E-state index in [4.69, 9.17) is 0 Å². The molecule has 0 radical (unpaired) electrons. The minimum Gasteiger partial charge on any atom is -0.465 e. The van der Waals surface area contributed by atoms with E-state index in [1.54, 1.807) is 0 Å². The number of carbonyl (C=O) groups is 1. The second-order valence-electron chi connectivity index (χ2n) is 3.91. The Morgan fingerprint density at radius 1 is 1.43 bits per heavy atom. The van der Waals surface area contributed by atoms with Gasteiger partial charge in [-0.1, -0.05) is 12.1 Å². The molecular formula is C12H9F2N3O4. The van der Waals surface area contributed by atoms with Gasteiger partial charge in [-0.25, -0.2) is 18.3 Å². The van der Waals surface area contributed by atoms with E-state index in [-0.39, 0.29) is 11.4 Å². The number of benzene rings is 1. The molecule has 0 spiro atoms. The average molecular weight is 297 g/mol. The van der Waals surface area contributed by atoms with Gasteiger partial charge in [0.05, 0.1) is 12.0 Å². The highest BCUT2D eigenvalue weighted by molar-refractivity contribution is 5.90. The van der Waals surface area contributed by atoms with Crippen LogP contribution in [0.3, 0.4) is 0 Å². The molecule has 0 bridgehead atoms. The minimum absolute atomic E-state index is 0.0282. The average Bonchev–Trinajstić information content (AvgIpc) is 2.91. The summed E-state index contributed by atoms with van der Waals surface area (Å²) in [5.41, 5.74) is -1.58. The number of hydrogen-bond acceptors (Lipinski definition) is 5. The van der Waals surface area contributed by atoms with E-state index in [2.05, 4.69) is 9.84 Å². The lowest BCUT2D eigenvalue weighted by atomic mass is 10.2. The van der Waals surface area contributed by atoms with Crippen molar-refractivity contribution < 1.29 is 23.2 Å². The molecule has 0 aliphatic rings. The Kier molecular flexibility index (Phi) is 3.92. The molecule has 1 heterocycles. The predicted molar refractivity (Wildman–Crippen MR) is 66.5 cm³/mol. The molecule has 1 aromatic carbocycles. The van der Waals surface area contributed by atoms with Crippen LogP contribution >= 0.6 is 0 Å². The van der Waals surface area contributed by atoms with Crippen molar-refractivity contribution in [2.75, 3.05) is 7.11 Å². The predicted octanol–water partition coefficient (Wildman–Crippen LogP) is 2.50. The molecule has 0 fully saturated rings. The van der Waals surface area contributed by atoms with E-state index in [1.807, 2.05) is 0 Å². The lowest BCUT2D eigenvalue weighted by molar-refractivity contribution is -0.384. The summed E-state index contributed by atoms with van der Waals surface area (Å²) in [4.78, 5) is 21.7. The fourth-order valence-electron chi connectivity index (χ4n) is 1.75. The molecule has 2 aromatic rings. The molecule has 110 valence electrons. The van der Waals surface area contributed by atoms with Gasteiger partial charge in [0, 0.05) is 12.3 Å². The van der Waals surface area contributed by atoms with E-state index in [9.17, 15) is 23.7 Å². The van der Waals surface area contributed by atoms with Crippen LogP contribution in [-0.2, 0) is 4.74 Å². The van der Waals surface area contributed by atoms with Crippen LogP contribution in [0.15, 0.2) is 30.5 Å². The molecule has 0 atom stereocenters. The van der Waals surface area contributed by atoms with Crippen molar-refractivity contribution in [1.29, 1.82) is 0 Å². The number of halogens is 2. The molecule has 2 rings (SSSR count). The summed E-state index contributed by atoms with van der Waals surface area (Å²) < 4.78 is 31.1. The zero-order valence-corrected chi connectivity index (χ0v) is 10.7. The molecule has 0 unspecified atom stereocenters. The summed E-state index contributed by atoms with van der Waals surface area (Å²) in [6, 6.07) is 5.46. The van der Waals surface area contributed by atoms with Gasteiger partial charge in [-0.3, -0.25) is 10.1 Å². The first kappa shape index (κ1) is 14.6. The van der Waals surface area contributed by atoms with Gasteiger partial charge in [0.1, 0.15) is 16.9 Å². The first-order valence-electron chi connectivity index (χ1n) is 5.65. The van der Waals surface area contributed by atoms with E-state index in [0.717, 1.165) is 18.0 Å². The molecule has 0 saturated heterocycles. The number of nitrogens with zero attached hydrogens (tertiary/aromatic N) is 3. The van der Waals surface area contributed by atoms with Crippen molar-refractivity contribution >= 4 is 11.7 Å². The molecular weight excluding hydrogens is 288 g/mol. The Morgan fingerprint density at radius 3 is 2.67 bits per heavy atom. The summed E-state index contributed by atoms with van der Waals surface area (Å²) in [5.74, 6) is -0.991. The van der Waals surface area contributed by atoms with Gasteiger partial charge < -0.3 is 4.74 Å². The Morgan fingerprint density at radius 2 is 2.10 bits per heavy atom. The van der Waals surface area contributed by atoms with Gasteiger partial charge in [-0.2, -0.15) is 5.10 Å². The topological polar surface area (TPSA) is 87.3 Å². The van der Waals surface area contributed by atoms with Crippen LogP contribution in [0.5, 0.6) is 0 Å². The van der Waals surface area contributed by atoms with Gasteiger partial charge in [0.25, 0.3) is 12.1 Å². The van der Waals surface area contributed by atoms with Crippen LogP contribution < -0.4 is 0 Å². The Hall–Kier alpha value is -2.84. The van der Waals surface area contributed by atoms with Crippen LogP contribution in [-0.4, -0.2) is 27.8 Å². The molecule has 0 amide bonds. The first-order chi connectivity index (χ1) is 9.95. The van der Waals surface area contributed by atoms with Crippen molar-refractivity contribution in [3.05, 3.63) is 51.8 Å². The number of rotatable bonds is 4. The first-order valence-corrected chi connectivity index (χ1v) is 5.65. The van der Waals surface area contributed by atoms with Crippen LogP contribution in [0.2, 0.25) is 0 Å². The summed E-state index contributed by atoms with van der Waals surface area (Å²) in [6.45, 7) is 0. The standard InChI is InChI=1S/C12H9F2N3O4/c1-21-12(18)7-6-16(15-10(7)11(13)14)8-4-2-3-5-9(8)17(19)20/h2-6,11H,1H3. The van der Waals surface area contributed by atoms with Gasteiger partial charge in [-0.15, -0.1) is 0 Å². The van der Waals surface area contributed by atoms with Crippen LogP contribution in [0.4, 0.5) is 14.5 Å². The lowest BCUT2D eigenvalue weighted by Gasteiger charge is -2.01. The number of esters is 1. The Balaban J connectivity index is 2.61. The van der Waals surface area contributed by atoms with E-state index in [0.29, 0.717) is 0 Å². The highest BCUT2D eigenvalue weighted by atomic mass is 19.3. The SMILES string of the molecule is COC(=O)c1cn(-c2ccccc2[N+](=O)[O-])nc1C(F)F. The number of hydrogen-bond donors (Lipinski definition) is 0. The van der Waals surface area contributed by atoms with Crippen LogP contribution in [0.1, 0.15) is 22.5 Å². The number of nitro groups is 1. The maximum Gasteiger partial charge on any atom is 0.341 e. The molecule has 0 N–H and O–H groups in total. The third kappa shape index (κ3) is 2.71. The third-order valence-electron chi connectivity index (χ3n) is 2.68. The van der Waals surface area contributed by atoms with Crippen molar-refractivity contribution in [2.24, 2.45) is 0 Å². The number of methoxy groups -OCH3 is 1. The molecule has 1 aromatic heterocycles. The zero-order valence-electron chi connectivity index (χ0n) is 10.7. The smallest absolute Gasteiger partial charge is 0.341 e. The van der Waals surface area contributed by atoms with Crippen LogP contribution in [0, 0.1) is 10.1 Å². The maximum absolute atomic E-state index is 12.9. The van der Waals surface area contributed by atoms with Gasteiger partial charge in [-0.05, 0) is 6.07 Å². The number of nitro benzene ring substituents is 1. The zero-order chi connectivity index (χ0) is 15.6. The van der Waals surface area contributed by atoms with Gasteiger partial charge in [0.2, 0.25) is 0 Å². The monoisotopic (exact) mass is 297 g/mol. The Labute approximate surface area is 116 Å². The summed E-state index contributed by atoms with van der Waals surface area (Å²) in [7, 11) is 1.04. The number of carbonyl (C=O) groups excluding carboxylic acids is 1. The highest BCUT2D eigenvalue weighted by Crippen LogP contribution is 2.27. The molecule has 0 aliphatic carbocycles. The summed E-state index contributed by atoms with van der Waals surface area (Å²) >= 11 is 0. The lowest BCUT2D eigenvalue weighted by Crippen LogP contribution is -2.03. The highest BCUT2D eigenvalue weighted by Gasteiger charge is 2.26. The van der Waals surface area contributed by atoms with E-state index >= 15 is 0 Å². The Bertz CT molecular complexity index is 700. The quantitative estimate of drug-likeness (QED) is 0.491. The van der Waals surface area contributed by atoms with E-state index in [1.165, 1.54) is 24.3 Å².